The van der Waals surface area contributed by atoms with Crippen molar-refractivity contribution in [2.24, 2.45) is 0 Å². The van der Waals surface area contributed by atoms with E-state index in [-0.39, 0.29) is 0 Å². The first kappa shape index (κ1) is 6.96. The lowest BCUT2D eigenvalue weighted by molar-refractivity contribution is 0.665. The Morgan fingerprint density at radius 3 is 2.89 bits per heavy atom. The average molecular weight is 144 g/mol. The third kappa shape index (κ3) is 1.63. The van der Waals surface area contributed by atoms with Gasteiger partial charge in [-0.2, -0.15) is 0 Å². The molecule has 0 saturated heterocycles. The molecule has 0 aromatic heterocycles. The maximum atomic E-state index is 4.31. The van der Waals surface area contributed by atoms with E-state index in [1.165, 1.54) is 10.6 Å². The number of rotatable bonds is 1. The van der Waals surface area contributed by atoms with Crippen LogP contribution in [0.3, 0.4) is 0 Å². The molecule has 0 unspecified atom stereocenters. The molecule has 1 rings (SSSR count). The van der Waals surface area contributed by atoms with E-state index in [1.54, 1.807) is 0 Å². The molecule has 0 spiro atoms. The lowest BCUT2D eigenvalue weighted by atomic mass is 10.2. The standard InChI is InChI=1S/C6H12N2S/c1-7-5-4-8-3-2-6(5)9/h7-9H,2-4H2,1H3. The summed E-state index contributed by atoms with van der Waals surface area (Å²) in [5.74, 6) is 0. The van der Waals surface area contributed by atoms with Gasteiger partial charge in [0.25, 0.3) is 0 Å². The zero-order chi connectivity index (χ0) is 6.69. The molecular formula is C6H12N2S. The van der Waals surface area contributed by atoms with Crippen molar-refractivity contribution in [2.75, 3.05) is 20.1 Å². The smallest absolute Gasteiger partial charge is 0.0362 e. The molecule has 0 saturated carbocycles. The maximum Gasteiger partial charge on any atom is 0.0362 e. The van der Waals surface area contributed by atoms with E-state index in [9.17, 15) is 0 Å². The van der Waals surface area contributed by atoms with Crippen molar-refractivity contribution in [3.63, 3.8) is 0 Å². The Morgan fingerprint density at radius 1 is 1.67 bits per heavy atom. The minimum Gasteiger partial charge on any atom is -0.390 e. The molecule has 1 heterocycles. The minimum atomic E-state index is 0.940. The van der Waals surface area contributed by atoms with Gasteiger partial charge in [0.05, 0.1) is 0 Å². The Hall–Kier alpha value is -0.150. The highest BCUT2D eigenvalue weighted by Gasteiger charge is 2.05. The van der Waals surface area contributed by atoms with Gasteiger partial charge in [0.15, 0.2) is 0 Å². The van der Waals surface area contributed by atoms with E-state index in [0.29, 0.717) is 0 Å². The zero-order valence-corrected chi connectivity index (χ0v) is 6.46. The monoisotopic (exact) mass is 144 g/mol. The number of thiol groups is 1. The van der Waals surface area contributed by atoms with Gasteiger partial charge in [-0.05, 0) is 6.42 Å². The van der Waals surface area contributed by atoms with Gasteiger partial charge < -0.3 is 10.6 Å². The van der Waals surface area contributed by atoms with Crippen molar-refractivity contribution in [1.29, 1.82) is 0 Å². The Kier molecular flexibility index (Phi) is 2.42. The van der Waals surface area contributed by atoms with Crippen molar-refractivity contribution < 1.29 is 0 Å². The largest absolute Gasteiger partial charge is 0.390 e. The second-order valence-corrected chi connectivity index (χ2v) is 2.64. The molecule has 0 aromatic rings. The Balaban J connectivity index is 2.59. The maximum absolute atomic E-state index is 4.31. The lowest BCUT2D eigenvalue weighted by Gasteiger charge is -2.17. The molecule has 0 bridgehead atoms. The summed E-state index contributed by atoms with van der Waals surface area (Å²) in [6.07, 6.45) is 1.05. The summed E-state index contributed by atoms with van der Waals surface area (Å²) < 4.78 is 0. The average Bonchev–Trinajstić information content (AvgIpc) is 1.89. The molecule has 0 aliphatic carbocycles. The summed E-state index contributed by atoms with van der Waals surface area (Å²) >= 11 is 4.31. The first-order valence-electron chi connectivity index (χ1n) is 3.14. The van der Waals surface area contributed by atoms with E-state index in [2.05, 4.69) is 23.3 Å². The molecule has 0 atom stereocenters. The SMILES string of the molecule is CNC1=C(S)CCNC1. The summed E-state index contributed by atoms with van der Waals surface area (Å²) in [6.45, 7) is 2.00. The predicted octanol–water partition coefficient (Wildman–Crippen LogP) is 0.340. The van der Waals surface area contributed by atoms with Gasteiger partial charge >= 0.3 is 0 Å². The fourth-order valence-corrected chi connectivity index (χ4v) is 1.21. The van der Waals surface area contributed by atoms with Crippen LogP contribution in [0.15, 0.2) is 10.6 Å². The molecule has 0 aromatic carbocycles. The van der Waals surface area contributed by atoms with Crippen LogP contribution in [0.2, 0.25) is 0 Å². The van der Waals surface area contributed by atoms with Gasteiger partial charge in [0.1, 0.15) is 0 Å². The fourth-order valence-electron chi connectivity index (χ4n) is 0.906. The van der Waals surface area contributed by atoms with Gasteiger partial charge in [-0.3, -0.25) is 0 Å². The molecule has 52 valence electrons. The molecule has 2 nitrogen and oxygen atoms in total. The van der Waals surface area contributed by atoms with E-state index in [1.807, 2.05) is 7.05 Å². The number of hydrogen-bond acceptors (Lipinski definition) is 3. The van der Waals surface area contributed by atoms with Gasteiger partial charge in [-0.1, -0.05) is 0 Å². The van der Waals surface area contributed by atoms with Crippen LogP contribution in [0, 0.1) is 0 Å². The third-order valence-electron chi connectivity index (χ3n) is 1.49. The van der Waals surface area contributed by atoms with E-state index < -0.39 is 0 Å². The van der Waals surface area contributed by atoms with Crippen molar-refractivity contribution in [3.8, 4) is 0 Å². The quantitative estimate of drug-likeness (QED) is 0.462. The van der Waals surface area contributed by atoms with Crippen molar-refractivity contribution in [1.82, 2.24) is 10.6 Å². The lowest BCUT2D eigenvalue weighted by Crippen LogP contribution is -2.29. The topological polar surface area (TPSA) is 24.1 Å². The second kappa shape index (κ2) is 3.13. The van der Waals surface area contributed by atoms with E-state index in [4.69, 9.17) is 0 Å². The zero-order valence-electron chi connectivity index (χ0n) is 5.57. The summed E-state index contributed by atoms with van der Waals surface area (Å²) in [7, 11) is 1.93. The predicted molar refractivity (Wildman–Crippen MR) is 42.6 cm³/mol. The molecule has 0 radical (unpaired) electrons. The van der Waals surface area contributed by atoms with Crippen LogP contribution in [0.1, 0.15) is 6.42 Å². The van der Waals surface area contributed by atoms with Gasteiger partial charge in [-0.25, -0.2) is 0 Å². The molecule has 2 N–H and O–H groups in total. The first-order chi connectivity index (χ1) is 4.34. The normalized spacial score (nSPS) is 20.2. The highest BCUT2D eigenvalue weighted by atomic mass is 32.1. The van der Waals surface area contributed by atoms with Crippen LogP contribution in [0.5, 0.6) is 0 Å². The van der Waals surface area contributed by atoms with Crippen LogP contribution in [-0.2, 0) is 0 Å². The summed E-state index contributed by atoms with van der Waals surface area (Å²) in [5.41, 5.74) is 1.23. The van der Waals surface area contributed by atoms with Crippen LogP contribution < -0.4 is 10.6 Å². The van der Waals surface area contributed by atoms with Gasteiger partial charge in [0, 0.05) is 30.7 Å². The summed E-state index contributed by atoms with van der Waals surface area (Å²) in [6, 6.07) is 0. The van der Waals surface area contributed by atoms with Crippen LogP contribution in [0.4, 0.5) is 0 Å². The van der Waals surface area contributed by atoms with Crippen molar-refractivity contribution >= 4 is 12.6 Å². The number of hydrogen-bond donors (Lipinski definition) is 3. The number of likely N-dealkylation sites (N-methyl/N-ethyl adjacent to an activating group) is 1. The Labute approximate surface area is 61.1 Å². The second-order valence-electron chi connectivity index (χ2n) is 2.10. The third-order valence-corrected chi connectivity index (χ3v) is 1.98. The van der Waals surface area contributed by atoms with E-state index >= 15 is 0 Å². The van der Waals surface area contributed by atoms with Gasteiger partial charge in [0.2, 0.25) is 0 Å². The minimum absolute atomic E-state index is 0.940. The highest BCUT2D eigenvalue weighted by molar-refractivity contribution is 7.84. The van der Waals surface area contributed by atoms with Gasteiger partial charge in [-0.15, -0.1) is 12.6 Å². The molecule has 3 heteroatoms. The fraction of sp³-hybridized carbons (Fsp3) is 0.667. The van der Waals surface area contributed by atoms with Crippen LogP contribution in [-0.4, -0.2) is 20.1 Å². The van der Waals surface area contributed by atoms with Crippen molar-refractivity contribution in [3.05, 3.63) is 10.6 Å². The summed E-state index contributed by atoms with van der Waals surface area (Å²) in [5, 5.41) is 6.34. The Bertz CT molecular complexity index is 131. The molecule has 1 aliphatic rings. The first-order valence-corrected chi connectivity index (χ1v) is 3.59. The van der Waals surface area contributed by atoms with Crippen molar-refractivity contribution in [2.45, 2.75) is 6.42 Å². The number of nitrogens with one attached hydrogen (secondary N) is 2. The van der Waals surface area contributed by atoms with E-state index in [0.717, 1.165) is 19.5 Å². The molecule has 9 heavy (non-hydrogen) atoms. The Morgan fingerprint density at radius 2 is 2.44 bits per heavy atom. The molecular weight excluding hydrogens is 132 g/mol. The van der Waals surface area contributed by atoms with Crippen LogP contribution >= 0.6 is 12.6 Å². The molecule has 1 aliphatic heterocycles. The molecule has 0 amide bonds. The summed E-state index contributed by atoms with van der Waals surface area (Å²) in [4.78, 5) is 1.19. The van der Waals surface area contributed by atoms with Crippen LogP contribution in [0.25, 0.3) is 0 Å². The molecule has 0 fully saturated rings. The highest BCUT2D eigenvalue weighted by Crippen LogP contribution is 2.12.